The van der Waals surface area contributed by atoms with Gasteiger partial charge < -0.3 is 9.64 Å². The van der Waals surface area contributed by atoms with Gasteiger partial charge in [0.25, 0.3) is 0 Å². The molecule has 0 aliphatic carbocycles. The number of nitrogens with zero attached hydrogens (tertiary/aromatic N) is 1. The lowest BCUT2D eigenvalue weighted by Crippen LogP contribution is -2.27. The van der Waals surface area contributed by atoms with Crippen molar-refractivity contribution in [2.24, 2.45) is 0 Å². The van der Waals surface area contributed by atoms with Crippen LogP contribution in [0.2, 0.25) is 0 Å². The van der Waals surface area contributed by atoms with Crippen LogP contribution in [0.25, 0.3) is 0 Å². The van der Waals surface area contributed by atoms with Crippen LogP contribution in [0, 0.1) is 0 Å². The number of carbonyl (C=O) groups excluding carboxylic acids is 1. The molecule has 0 aromatic rings. The van der Waals surface area contributed by atoms with Crippen LogP contribution in [-0.4, -0.2) is 30.9 Å². The van der Waals surface area contributed by atoms with E-state index in [2.05, 4.69) is 0 Å². The monoisotopic (exact) mass is 155 g/mol. The van der Waals surface area contributed by atoms with Crippen LogP contribution in [-0.2, 0) is 9.53 Å². The molecule has 0 aromatic carbocycles. The van der Waals surface area contributed by atoms with Crippen molar-refractivity contribution >= 4 is 5.78 Å². The summed E-state index contributed by atoms with van der Waals surface area (Å²) in [6, 6.07) is 0. The fourth-order valence-corrected chi connectivity index (χ4v) is 1.01. The summed E-state index contributed by atoms with van der Waals surface area (Å²) in [5, 5.41) is 0. The Labute approximate surface area is 66.6 Å². The molecule has 0 radical (unpaired) electrons. The number of allylic oxidation sites excluding steroid dienone is 1. The maximum Gasteiger partial charge on any atom is 0.192 e. The molecule has 0 N–H and O–H groups in total. The van der Waals surface area contributed by atoms with Gasteiger partial charge in [-0.25, -0.2) is 0 Å². The first kappa shape index (κ1) is 8.11. The molecular weight excluding hydrogens is 142 g/mol. The summed E-state index contributed by atoms with van der Waals surface area (Å²) in [5.74, 6) is 0.857. The third-order valence-corrected chi connectivity index (χ3v) is 1.65. The molecule has 0 saturated carbocycles. The second-order valence-corrected chi connectivity index (χ2v) is 2.55. The van der Waals surface area contributed by atoms with Gasteiger partial charge in [0, 0.05) is 26.1 Å². The molecule has 0 unspecified atom stereocenters. The minimum Gasteiger partial charge on any atom is -0.479 e. The van der Waals surface area contributed by atoms with Gasteiger partial charge in [0.2, 0.25) is 0 Å². The predicted molar refractivity (Wildman–Crippen MR) is 42.0 cm³/mol. The molecule has 0 spiro atoms. The van der Waals surface area contributed by atoms with E-state index in [4.69, 9.17) is 4.74 Å². The molecular formula is C8H13NO2. The molecule has 3 nitrogen and oxygen atoms in total. The second-order valence-electron chi connectivity index (χ2n) is 2.55. The van der Waals surface area contributed by atoms with Gasteiger partial charge in [-0.05, 0) is 6.92 Å². The quantitative estimate of drug-likeness (QED) is 0.590. The molecule has 3 heteroatoms. The zero-order chi connectivity index (χ0) is 8.27. The summed E-state index contributed by atoms with van der Waals surface area (Å²) in [4.78, 5) is 12.9. The Morgan fingerprint density at radius 2 is 2.45 bits per heavy atom. The molecule has 1 aliphatic heterocycles. The minimum atomic E-state index is 0.159. The first-order valence-corrected chi connectivity index (χ1v) is 3.82. The lowest BCUT2D eigenvalue weighted by molar-refractivity contribution is -0.116. The average Bonchev–Trinajstić information content (AvgIpc) is 1.98. The van der Waals surface area contributed by atoms with E-state index >= 15 is 0 Å². The van der Waals surface area contributed by atoms with Gasteiger partial charge in [0.1, 0.15) is 0 Å². The van der Waals surface area contributed by atoms with Gasteiger partial charge in [0.15, 0.2) is 11.7 Å². The fourth-order valence-electron chi connectivity index (χ4n) is 1.01. The highest BCUT2D eigenvalue weighted by Gasteiger charge is 2.14. The molecule has 1 aliphatic rings. The maximum atomic E-state index is 10.9. The Morgan fingerprint density at radius 1 is 1.73 bits per heavy atom. The number of ether oxygens (including phenoxy) is 1. The number of hydrogen-bond donors (Lipinski definition) is 0. The lowest BCUT2D eigenvalue weighted by Gasteiger charge is -2.24. The first-order chi connectivity index (χ1) is 5.24. The summed E-state index contributed by atoms with van der Waals surface area (Å²) in [6.45, 7) is 3.29. The number of carbonyl (C=O) groups is 1. The molecule has 0 atom stereocenters. The molecule has 1 heterocycles. The summed E-state index contributed by atoms with van der Waals surface area (Å²) in [6.07, 6.45) is 2.17. The van der Waals surface area contributed by atoms with Crippen molar-refractivity contribution in [3.63, 3.8) is 0 Å². The van der Waals surface area contributed by atoms with Crippen molar-refractivity contribution in [2.75, 3.05) is 20.2 Å². The predicted octanol–water partition coefficient (Wildman–Crippen LogP) is 0.769. The standard InChI is InChI=1S/C8H13NO2/c1-3-11-8-6-7(10)4-5-9(8)2/h6H,3-5H2,1-2H3. The van der Waals surface area contributed by atoms with E-state index in [1.807, 2.05) is 18.9 Å². The molecule has 0 aromatic heterocycles. The van der Waals surface area contributed by atoms with E-state index in [1.54, 1.807) is 6.08 Å². The Bertz CT molecular complexity index is 187. The largest absolute Gasteiger partial charge is 0.479 e. The van der Waals surface area contributed by atoms with Crippen molar-refractivity contribution < 1.29 is 9.53 Å². The SMILES string of the molecule is CCOC1=CC(=O)CCN1C. The van der Waals surface area contributed by atoms with Gasteiger partial charge in [-0.2, -0.15) is 0 Å². The van der Waals surface area contributed by atoms with Gasteiger partial charge in [-0.15, -0.1) is 0 Å². The Morgan fingerprint density at radius 3 is 3.09 bits per heavy atom. The van der Waals surface area contributed by atoms with Crippen LogP contribution in [0.5, 0.6) is 0 Å². The van der Waals surface area contributed by atoms with E-state index in [0.29, 0.717) is 18.9 Å². The highest BCUT2D eigenvalue weighted by Crippen LogP contribution is 2.10. The Kier molecular flexibility index (Phi) is 2.52. The van der Waals surface area contributed by atoms with Crippen LogP contribution in [0.4, 0.5) is 0 Å². The molecule has 0 saturated heterocycles. The fraction of sp³-hybridized carbons (Fsp3) is 0.625. The smallest absolute Gasteiger partial charge is 0.192 e. The highest BCUT2D eigenvalue weighted by atomic mass is 16.5. The molecule has 1 rings (SSSR count). The first-order valence-electron chi connectivity index (χ1n) is 3.82. The van der Waals surface area contributed by atoms with Crippen LogP contribution in [0.1, 0.15) is 13.3 Å². The molecule has 11 heavy (non-hydrogen) atoms. The van der Waals surface area contributed by atoms with Gasteiger partial charge >= 0.3 is 0 Å². The molecule has 62 valence electrons. The van der Waals surface area contributed by atoms with Gasteiger partial charge in [0.05, 0.1) is 6.61 Å². The normalized spacial score (nSPS) is 18.2. The zero-order valence-corrected chi connectivity index (χ0v) is 6.96. The zero-order valence-electron chi connectivity index (χ0n) is 6.96. The van der Waals surface area contributed by atoms with E-state index in [0.717, 1.165) is 6.54 Å². The average molecular weight is 155 g/mol. The van der Waals surface area contributed by atoms with Crippen molar-refractivity contribution in [3.8, 4) is 0 Å². The van der Waals surface area contributed by atoms with Gasteiger partial charge in [-0.1, -0.05) is 0 Å². The number of ketones is 1. The summed E-state index contributed by atoms with van der Waals surface area (Å²) >= 11 is 0. The topological polar surface area (TPSA) is 29.5 Å². The van der Waals surface area contributed by atoms with Crippen molar-refractivity contribution in [1.82, 2.24) is 4.90 Å². The lowest BCUT2D eigenvalue weighted by atomic mass is 10.2. The van der Waals surface area contributed by atoms with E-state index in [-0.39, 0.29) is 5.78 Å². The summed E-state index contributed by atoms with van der Waals surface area (Å²) < 4.78 is 5.23. The number of rotatable bonds is 2. The van der Waals surface area contributed by atoms with E-state index < -0.39 is 0 Å². The van der Waals surface area contributed by atoms with Crippen molar-refractivity contribution in [2.45, 2.75) is 13.3 Å². The van der Waals surface area contributed by atoms with Crippen molar-refractivity contribution in [3.05, 3.63) is 12.0 Å². The molecule has 0 bridgehead atoms. The Hall–Kier alpha value is -0.990. The van der Waals surface area contributed by atoms with Crippen LogP contribution in [0.3, 0.4) is 0 Å². The second kappa shape index (κ2) is 3.42. The molecule has 0 amide bonds. The number of hydrogen-bond acceptors (Lipinski definition) is 3. The molecule has 0 fully saturated rings. The van der Waals surface area contributed by atoms with Gasteiger partial charge in [-0.3, -0.25) is 4.79 Å². The van der Waals surface area contributed by atoms with Crippen LogP contribution >= 0.6 is 0 Å². The highest BCUT2D eigenvalue weighted by molar-refractivity contribution is 5.90. The third-order valence-electron chi connectivity index (χ3n) is 1.65. The van der Waals surface area contributed by atoms with Crippen LogP contribution in [0.15, 0.2) is 12.0 Å². The van der Waals surface area contributed by atoms with Crippen LogP contribution < -0.4 is 0 Å². The Balaban J connectivity index is 2.63. The van der Waals surface area contributed by atoms with Crippen molar-refractivity contribution in [1.29, 1.82) is 0 Å². The maximum absolute atomic E-state index is 10.9. The van der Waals surface area contributed by atoms with E-state index in [9.17, 15) is 4.79 Å². The minimum absolute atomic E-state index is 0.159. The summed E-state index contributed by atoms with van der Waals surface area (Å²) in [7, 11) is 1.92. The summed E-state index contributed by atoms with van der Waals surface area (Å²) in [5.41, 5.74) is 0. The third kappa shape index (κ3) is 1.97. The van der Waals surface area contributed by atoms with E-state index in [1.165, 1.54) is 0 Å².